The Morgan fingerprint density at radius 2 is 1.52 bits per heavy atom. The Bertz CT molecular complexity index is 852. The Morgan fingerprint density at radius 1 is 0.880 bits per heavy atom. The van der Waals surface area contributed by atoms with Gasteiger partial charge in [-0.3, -0.25) is 0 Å². The third-order valence-corrected chi connectivity index (χ3v) is 8.01. The van der Waals surface area contributed by atoms with E-state index in [-0.39, 0.29) is 11.7 Å². The van der Waals surface area contributed by atoms with Gasteiger partial charge in [0.2, 0.25) is 0 Å². The van der Waals surface area contributed by atoms with Crippen LogP contribution < -0.4 is 0 Å². The summed E-state index contributed by atoms with van der Waals surface area (Å²) in [6, 6.07) is 17.1. The SMILES string of the molecule is O=S1(=O)CC2(CCCCC2)C(O)[C@@H](c2ccccc2)c2ccccc21. The monoisotopic (exact) mass is 356 g/mol. The summed E-state index contributed by atoms with van der Waals surface area (Å²) in [5.41, 5.74) is 1.18. The van der Waals surface area contributed by atoms with Crippen LogP contribution in [0.4, 0.5) is 0 Å². The quantitative estimate of drug-likeness (QED) is 0.843. The highest BCUT2D eigenvalue weighted by Gasteiger charge is 2.50. The van der Waals surface area contributed by atoms with Gasteiger partial charge in [-0.1, -0.05) is 67.8 Å². The summed E-state index contributed by atoms with van der Waals surface area (Å²) < 4.78 is 26.4. The number of rotatable bonds is 1. The molecule has 1 saturated carbocycles. The van der Waals surface area contributed by atoms with Gasteiger partial charge in [0.1, 0.15) is 0 Å². The van der Waals surface area contributed by atoms with E-state index in [1.54, 1.807) is 12.1 Å². The van der Waals surface area contributed by atoms with Crippen molar-refractivity contribution in [2.24, 2.45) is 5.41 Å². The fraction of sp³-hybridized carbons (Fsp3) is 0.429. The largest absolute Gasteiger partial charge is 0.392 e. The van der Waals surface area contributed by atoms with Crippen LogP contribution in [0.2, 0.25) is 0 Å². The van der Waals surface area contributed by atoms with E-state index < -0.39 is 21.4 Å². The maximum atomic E-state index is 13.2. The molecular formula is C21H24O3S. The summed E-state index contributed by atoms with van der Waals surface area (Å²) in [4.78, 5) is 0.394. The molecule has 2 atom stereocenters. The number of hydrogen-bond donors (Lipinski definition) is 1. The molecule has 1 spiro atoms. The number of aliphatic hydroxyl groups is 1. The van der Waals surface area contributed by atoms with E-state index in [1.807, 2.05) is 42.5 Å². The van der Waals surface area contributed by atoms with Gasteiger partial charge < -0.3 is 5.11 Å². The third-order valence-electron chi connectivity index (χ3n) is 6.02. The highest BCUT2D eigenvalue weighted by Crippen LogP contribution is 2.50. The normalized spacial score (nSPS) is 27.4. The van der Waals surface area contributed by atoms with E-state index in [4.69, 9.17) is 0 Å². The van der Waals surface area contributed by atoms with Gasteiger partial charge in [0.15, 0.2) is 9.84 Å². The van der Waals surface area contributed by atoms with Gasteiger partial charge in [0.05, 0.1) is 16.8 Å². The van der Waals surface area contributed by atoms with Crippen molar-refractivity contribution in [2.45, 2.75) is 49.0 Å². The Balaban J connectivity index is 1.96. The average Bonchev–Trinajstić information content (AvgIpc) is 2.69. The summed E-state index contributed by atoms with van der Waals surface area (Å²) in [7, 11) is -3.42. The topological polar surface area (TPSA) is 54.4 Å². The number of benzene rings is 2. The summed E-state index contributed by atoms with van der Waals surface area (Å²) in [5, 5.41) is 11.5. The summed E-state index contributed by atoms with van der Waals surface area (Å²) in [5.74, 6) is -0.241. The Kier molecular flexibility index (Phi) is 4.20. The van der Waals surface area contributed by atoms with Crippen LogP contribution in [0.3, 0.4) is 0 Å². The lowest BCUT2D eigenvalue weighted by atomic mass is 9.66. The van der Waals surface area contributed by atoms with Crippen molar-refractivity contribution in [2.75, 3.05) is 5.75 Å². The highest BCUT2D eigenvalue weighted by molar-refractivity contribution is 7.91. The molecule has 2 aromatic rings. The minimum Gasteiger partial charge on any atom is -0.392 e. The van der Waals surface area contributed by atoms with Crippen LogP contribution in [0.25, 0.3) is 0 Å². The predicted octanol–water partition coefficient (Wildman–Crippen LogP) is 3.92. The lowest BCUT2D eigenvalue weighted by Gasteiger charge is -2.42. The van der Waals surface area contributed by atoms with Crippen LogP contribution in [0.15, 0.2) is 59.5 Å². The standard InChI is InChI=1S/C21H24O3S/c22-20-19(16-9-3-1-4-10-16)17-11-5-6-12-18(17)25(23,24)15-21(20)13-7-2-8-14-21/h1,3-6,9-12,19-20,22H,2,7-8,13-15H2/t19-,20?/m0/s1. The smallest absolute Gasteiger partial charge is 0.179 e. The van der Waals surface area contributed by atoms with Crippen LogP contribution in [0.1, 0.15) is 49.1 Å². The lowest BCUT2D eigenvalue weighted by molar-refractivity contribution is 0.00241. The first-order valence-corrected chi connectivity index (χ1v) is 10.7. The molecule has 1 unspecified atom stereocenters. The maximum absolute atomic E-state index is 13.2. The number of hydrogen-bond acceptors (Lipinski definition) is 3. The molecule has 0 amide bonds. The zero-order chi connectivity index (χ0) is 17.5. The van der Waals surface area contributed by atoms with Crippen LogP contribution in [-0.4, -0.2) is 25.4 Å². The van der Waals surface area contributed by atoms with Gasteiger partial charge in [0.25, 0.3) is 0 Å². The van der Waals surface area contributed by atoms with Gasteiger partial charge in [-0.05, 0) is 30.0 Å². The van der Waals surface area contributed by atoms with E-state index >= 15 is 0 Å². The van der Waals surface area contributed by atoms with E-state index in [2.05, 4.69) is 0 Å². The molecule has 4 rings (SSSR count). The first-order valence-electron chi connectivity index (χ1n) is 9.08. The second kappa shape index (κ2) is 6.26. The molecule has 1 fully saturated rings. The molecule has 1 aliphatic heterocycles. The molecule has 2 aromatic carbocycles. The van der Waals surface area contributed by atoms with E-state index in [0.29, 0.717) is 4.90 Å². The Labute approximate surface area is 149 Å². The number of aliphatic hydroxyl groups excluding tert-OH is 1. The molecule has 1 aliphatic carbocycles. The van der Waals surface area contributed by atoms with Crippen molar-refractivity contribution in [1.29, 1.82) is 0 Å². The molecule has 0 saturated heterocycles. The zero-order valence-electron chi connectivity index (χ0n) is 14.3. The minimum absolute atomic E-state index is 0.0571. The van der Waals surface area contributed by atoms with Crippen LogP contribution in [0, 0.1) is 5.41 Å². The Morgan fingerprint density at radius 3 is 2.24 bits per heavy atom. The van der Waals surface area contributed by atoms with Crippen molar-refractivity contribution >= 4 is 9.84 Å². The maximum Gasteiger partial charge on any atom is 0.179 e. The molecule has 25 heavy (non-hydrogen) atoms. The van der Waals surface area contributed by atoms with E-state index in [0.717, 1.165) is 43.2 Å². The van der Waals surface area contributed by atoms with E-state index in [9.17, 15) is 13.5 Å². The minimum atomic E-state index is -3.42. The van der Waals surface area contributed by atoms with Gasteiger partial charge in [-0.15, -0.1) is 0 Å². The molecule has 1 N–H and O–H groups in total. The molecule has 4 heteroatoms. The predicted molar refractivity (Wildman–Crippen MR) is 98.3 cm³/mol. The molecule has 0 radical (unpaired) electrons. The van der Waals surface area contributed by atoms with Crippen molar-refractivity contribution in [3.8, 4) is 0 Å². The first-order chi connectivity index (χ1) is 12.0. The van der Waals surface area contributed by atoms with Gasteiger partial charge in [-0.2, -0.15) is 0 Å². The second-order valence-corrected chi connectivity index (χ2v) is 9.51. The Hall–Kier alpha value is -1.65. The summed E-state index contributed by atoms with van der Waals surface area (Å²) in [6.07, 6.45) is 3.98. The zero-order valence-corrected chi connectivity index (χ0v) is 15.1. The molecular weight excluding hydrogens is 332 g/mol. The molecule has 2 aliphatic rings. The molecule has 0 aromatic heterocycles. The van der Waals surface area contributed by atoms with Crippen LogP contribution in [-0.2, 0) is 9.84 Å². The fourth-order valence-corrected chi connectivity index (χ4v) is 7.02. The van der Waals surface area contributed by atoms with Crippen molar-refractivity contribution < 1.29 is 13.5 Å². The molecule has 0 bridgehead atoms. The first kappa shape index (κ1) is 16.8. The number of sulfone groups is 1. The fourth-order valence-electron chi connectivity index (χ4n) is 4.80. The van der Waals surface area contributed by atoms with Crippen LogP contribution in [0.5, 0.6) is 0 Å². The van der Waals surface area contributed by atoms with Crippen LogP contribution >= 0.6 is 0 Å². The highest BCUT2D eigenvalue weighted by atomic mass is 32.2. The second-order valence-electron chi connectivity index (χ2n) is 7.55. The van der Waals surface area contributed by atoms with Gasteiger partial charge >= 0.3 is 0 Å². The average molecular weight is 356 g/mol. The van der Waals surface area contributed by atoms with Crippen molar-refractivity contribution in [3.63, 3.8) is 0 Å². The van der Waals surface area contributed by atoms with Gasteiger partial charge in [-0.25, -0.2) is 8.42 Å². The third kappa shape index (κ3) is 2.81. The molecule has 132 valence electrons. The number of fused-ring (bicyclic) bond motifs is 1. The molecule has 3 nitrogen and oxygen atoms in total. The van der Waals surface area contributed by atoms with Crippen molar-refractivity contribution in [3.05, 3.63) is 65.7 Å². The summed E-state index contributed by atoms with van der Waals surface area (Å²) in [6.45, 7) is 0. The molecule has 1 heterocycles. The van der Waals surface area contributed by atoms with Gasteiger partial charge in [0, 0.05) is 11.3 Å². The summed E-state index contributed by atoms with van der Waals surface area (Å²) >= 11 is 0. The van der Waals surface area contributed by atoms with E-state index in [1.165, 1.54) is 0 Å². The lowest BCUT2D eigenvalue weighted by Crippen LogP contribution is -2.44. The van der Waals surface area contributed by atoms with Crippen molar-refractivity contribution in [1.82, 2.24) is 0 Å².